The maximum Gasteiger partial charge on any atom is 0.141 e. The van der Waals surface area contributed by atoms with Crippen LogP contribution in [0.1, 0.15) is 25.3 Å². The third-order valence-electron chi connectivity index (χ3n) is 3.61. The van der Waals surface area contributed by atoms with Crippen LogP contribution < -0.4 is 0 Å². The van der Waals surface area contributed by atoms with Gasteiger partial charge < -0.3 is 4.57 Å². The minimum absolute atomic E-state index is 0.496. The Morgan fingerprint density at radius 3 is 2.37 bits per heavy atom. The maximum atomic E-state index is 4.79. The van der Waals surface area contributed by atoms with Gasteiger partial charge in [-0.05, 0) is 23.6 Å². The topological polar surface area (TPSA) is 17.8 Å². The van der Waals surface area contributed by atoms with Crippen molar-refractivity contribution in [3.63, 3.8) is 0 Å². The highest BCUT2D eigenvalue weighted by Gasteiger charge is 2.14. The number of nitrogens with zero attached hydrogens (tertiary/aromatic N) is 2. The Morgan fingerprint density at radius 1 is 0.947 bits per heavy atom. The highest BCUT2D eigenvalue weighted by Crippen LogP contribution is 2.30. The summed E-state index contributed by atoms with van der Waals surface area (Å²) in [5, 5.41) is 0. The zero-order chi connectivity index (χ0) is 13.4. The lowest BCUT2D eigenvalue weighted by atomic mass is 9.97. The molecule has 1 heterocycles. The van der Waals surface area contributed by atoms with Crippen molar-refractivity contribution in [2.45, 2.75) is 19.8 Å². The molecule has 3 rings (SSSR count). The molecule has 0 bridgehead atoms. The average molecular weight is 250 g/mol. The number of rotatable bonds is 2. The number of benzene rings is 2. The average Bonchev–Trinajstić information content (AvgIpc) is 2.76. The van der Waals surface area contributed by atoms with Gasteiger partial charge in [-0.3, -0.25) is 0 Å². The van der Waals surface area contributed by atoms with E-state index in [0.717, 1.165) is 11.3 Å². The van der Waals surface area contributed by atoms with Crippen molar-refractivity contribution in [3.8, 4) is 11.4 Å². The molecule has 2 aromatic carbocycles. The van der Waals surface area contributed by atoms with Crippen molar-refractivity contribution >= 4 is 11.0 Å². The first kappa shape index (κ1) is 12.0. The van der Waals surface area contributed by atoms with Gasteiger partial charge in [0.25, 0.3) is 0 Å². The Morgan fingerprint density at radius 2 is 1.63 bits per heavy atom. The number of aryl methyl sites for hydroxylation is 1. The predicted molar refractivity (Wildman–Crippen MR) is 80.2 cm³/mol. The van der Waals surface area contributed by atoms with Gasteiger partial charge in [-0.2, -0.15) is 0 Å². The van der Waals surface area contributed by atoms with Gasteiger partial charge in [-0.15, -0.1) is 0 Å². The molecule has 0 amide bonds. The molecule has 0 aliphatic heterocycles. The number of aromatic nitrogens is 2. The fourth-order valence-corrected chi connectivity index (χ4v) is 2.59. The molecule has 2 nitrogen and oxygen atoms in total. The second kappa shape index (κ2) is 4.54. The first-order valence-corrected chi connectivity index (χ1v) is 6.69. The molecule has 0 aliphatic carbocycles. The van der Waals surface area contributed by atoms with Crippen LogP contribution in [0.25, 0.3) is 22.4 Å². The van der Waals surface area contributed by atoms with Gasteiger partial charge >= 0.3 is 0 Å². The summed E-state index contributed by atoms with van der Waals surface area (Å²) in [7, 11) is 2.09. The predicted octanol–water partition coefficient (Wildman–Crippen LogP) is 4.36. The van der Waals surface area contributed by atoms with E-state index in [2.05, 4.69) is 67.9 Å². The molecule has 0 saturated heterocycles. The lowest BCUT2D eigenvalue weighted by molar-refractivity contribution is 0.861. The molecule has 0 saturated carbocycles. The summed E-state index contributed by atoms with van der Waals surface area (Å²) in [4.78, 5) is 4.79. The van der Waals surface area contributed by atoms with E-state index in [9.17, 15) is 0 Å². The number of fused-ring (bicyclic) bond motifs is 1. The molecule has 0 radical (unpaired) electrons. The van der Waals surface area contributed by atoms with Crippen molar-refractivity contribution < 1.29 is 0 Å². The van der Waals surface area contributed by atoms with E-state index in [-0.39, 0.29) is 0 Å². The van der Waals surface area contributed by atoms with E-state index >= 15 is 0 Å². The van der Waals surface area contributed by atoms with Gasteiger partial charge in [-0.1, -0.05) is 50.2 Å². The Bertz CT molecular complexity index is 723. The smallest absolute Gasteiger partial charge is 0.141 e. The van der Waals surface area contributed by atoms with E-state index in [1.54, 1.807) is 0 Å². The first-order valence-electron chi connectivity index (χ1n) is 6.69. The summed E-state index contributed by atoms with van der Waals surface area (Å²) in [6.07, 6.45) is 0. The van der Waals surface area contributed by atoms with Crippen LogP contribution in [-0.2, 0) is 7.05 Å². The molecule has 0 fully saturated rings. The second-order valence-corrected chi connectivity index (χ2v) is 5.23. The van der Waals surface area contributed by atoms with Gasteiger partial charge in [0.2, 0.25) is 0 Å². The zero-order valence-corrected chi connectivity index (χ0v) is 11.6. The summed E-state index contributed by atoms with van der Waals surface area (Å²) in [5.41, 5.74) is 4.81. The molecule has 0 unspecified atom stereocenters. The van der Waals surface area contributed by atoms with Crippen molar-refractivity contribution in [3.05, 3.63) is 54.1 Å². The monoisotopic (exact) mass is 250 g/mol. The Balaban J connectivity index is 2.28. The number of imidazole rings is 1. The summed E-state index contributed by atoms with van der Waals surface area (Å²) in [6, 6.07) is 16.8. The number of hydrogen-bond acceptors (Lipinski definition) is 1. The van der Waals surface area contributed by atoms with Crippen LogP contribution in [0, 0.1) is 0 Å². The van der Waals surface area contributed by atoms with Crippen molar-refractivity contribution in [1.29, 1.82) is 0 Å². The van der Waals surface area contributed by atoms with E-state index < -0.39 is 0 Å². The summed E-state index contributed by atoms with van der Waals surface area (Å²) in [6.45, 7) is 4.45. The molecule has 3 aromatic rings. The first-order chi connectivity index (χ1) is 9.18. The van der Waals surface area contributed by atoms with E-state index in [1.165, 1.54) is 16.6 Å². The second-order valence-electron chi connectivity index (χ2n) is 5.23. The molecule has 96 valence electrons. The van der Waals surface area contributed by atoms with Crippen molar-refractivity contribution in [1.82, 2.24) is 9.55 Å². The summed E-state index contributed by atoms with van der Waals surface area (Å²) >= 11 is 0. The molecule has 1 aromatic heterocycles. The van der Waals surface area contributed by atoms with Crippen molar-refractivity contribution in [2.75, 3.05) is 0 Å². The van der Waals surface area contributed by atoms with Crippen LogP contribution in [0.2, 0.25) is 0 Å². The Labute approximate surface area is 113 Å². The van der Waals surface area contributed by atoms with Crippen LogP contribution in [-0.4, -0.2) is 9.55 Å². The molecule has 0 spiro atoms. The van der Waals surface area contributed by atoms with Gasteiger partial charge in [0.05, 0.1) is 11.0 Å². The minimum atomic E-state index is 0.496. The standard InChI is InChI=1S/C17H18N2/c1-12(2)13-8-4-5-9-14(13)17-18-15-10-6-7-11-16(15)19(17)3/h4-12H,1-3H3. The molecule has 0 N–H and O–H groups in total. The summed E-state index contributed by atoms with van der Waals surface area (Å²) in [5.74, 6) is 1.54. The van der Waals surface area contributed by atoms with E-state index in [4.69, 9.17) is 4.98 Å². The zero-order valence-electron chi connectivity index (χ0n) is 11.6. The SMILES string of the molecule is CC(C)c1ccccc1-c1nc2ccccc2n1C. The van der Waals surface area contributed by atoms with Gasteiger partial charge in [0.1, 0.15) is 5.82 Å². The van der Waals surface area contributed by atoms with E-state index in [0.29, 0.717) is 5.92 Å². The molecule has 19 heavy (non-hydrogen) atoms. The normalized spacial score (nSPS) is 11.4. The van der Waals surface area contributed by atoms with Crippen LogP contribution >= 0.6 is 0 Å². The highest BCUT2D eigenvalue weighted by molar-refractivity contribution is 5.81. The minimum Gasteiger partial charge on any atom is -0.327 e. The highest BCUT2D eigenvalue weighted by atomic mass is 15.1. The molecule has 0 atom stereocenters. The lowest BCUT2D eigenvalue weighted by Gasteiger charge is -2.12. The van der Waals surface area contributed by atoms with Crippen LogP contribution in [0.3, 0.4) is 0 Å². The molecular weight excluding hydrogens is 232 g/mol. The van der Waals surface area contributed by atoms with Gasteiger partial charge in [0.15, 0.2) is 0 Å². The number of para-hydroxylation sites is 2. The Kier molecular flexibility index (Phi) is 2.86. The molecule has 2 heteroatoms. The van der Waals surface area contributed by atoms with Gasteiger partial charge in [-0.25, -0.2) is 4.98 Å². The molecule has 0 aliphatic rings. The Hall–Kier alpha value is -2.09. The summed E-state index contributed by atoms with van der Waals surface area (Å²) < 4.78 is 2.18. The van der Waals surface area contributed by atoms with Crippen LogP contribution in [0.15, 0.2) is 48.5 Å². The fraction of sp³-hybridized carbons (Fsp3) is 0.235. The van der Waals surface area contributed by atoms with Gasteiger partial charge in [0, 0.05) is 12.6 Å². The fourth-order valence-electron chi connectivity index (χ4n) is 2.59. The van der Waals surface area contributed by atoms with E-state index in [1.807, 2.05) is 6.07 Å². The van der Waals surface area contributed by atoms with Crippen molar-refractivity contribution in [2.24, 2.45) is 7.05 Å². The lowest BCUT2D eigenvalue weighted by Crippen LogP contribution is -1.98. The third-order valence-corrected chi connectivity index (χ3v) is 3.61. The quantitative estimate of drug-likeness (QED) is 0.660. The number of hydrogen-bond donors (Lipinski definition) is 0. The van der Waals surface area contributed by atoms with Crippen LogP contribution in [0.4, 0.5) is 0 Å². The largest absolute Gasteiger partial charge is 0.327 e. The third kappa shape index (κ3) is 1.93. The molecular formula is C17H18N2. The maximum absolute atomic E-state index is 4.79. The van der Waals surface area contributed by atoms with Crippen LogP contribution in [0.5, 0.6) is 0 Å².